The van der Waals surface area contributed by atoms with Gasteiger partial charge in [0, 0.05) is 12.8 Å². The Labute approximate surface area is 395 Å². The molecule has 368 valence electrons. The van der Waals surface area contributed by atoms with Crippen molar-refractivity contribution in [2.24, 2.45) is 0 Å². The molecule has 64 heavy (non-hydrogen) atoms. The van der Waals surface area contributed by atoms with Crippen LogP contribution in [0.25, 0.3) is 0 Å². The lowest BCUT2D eigenvalue weighted by Crippen LogP contribution is -2.30. The predicted molar refractivity (Wildman–Crippen MR) is 274 cm³/mol. The number of rotatable bonds is 48. The number of carbonyl (C=O) groups excluding carboxylic acids is 3. The van der Waals surface area contributed by atoms with E-state index in [0.717, 1.165) is 83.5 Å². The number of hydrogen-bond donors (Lipinski definition) is 0. The Balaban J connectivity index is 4.46. The first kappa shape index (κ1) is 60.9. The number of unbranched alkanes of at least 4 members (excludes halogenated alkanes) is 26. The number of carbonyl (C=O) groups is 3. The highest BCUT2D eigenvalue weighted by Gasteiger charge is 2.19. The third-order valence-corrected chi connectivity index (χ3v) is 11.5. The molecule has 0 amide bonds. The molecule has 0 radical (unpaired) electrons. The van der Waals surface area contributed by atoms with Crippen LogP contribution in [0.3, 0.4) is 0 Å². The molecule has 0 fully saturated rings. The molecule has 0 aromatic rings. The maximum absolute atomic E-state index is 12.7. The van der Waals surface area contributed by atoms with Crippen LogP contribution in [-0.4, -0.2) is 37.2 Å². The Morgan fingerprint density at radius 2 is 0.656 bits per heavy atom. The highest BCUT2D eigenvalue weighted by molar-refractivity contribution is 5.72. The van der Waals surface area contributed by atoms with E-state index in [2.05, 4.69) is 81.5 Å². The molecule has 0 aliphatic heterocycles. The molecular weight excluding hydrogens is 793 g/mol. The van der Waals surface area contributed by atoms with Crippen molar-refractivity contribution in [2.45, 2.75) is 264 Å². The van der Waals surface area contributed by atoms with Gasteiger partial charge in [0.15, 0.2) is 6.10 Å². The quantitative estimate of drug-likeness (QED) is 0.0262. The maximum Gasteiger partial charge on any atom is 0.310 e. The summed E-state index contributed by atoms with van der Waals surface area (Å²) in [6, 6.07) is 0. The van der Waals surface area contributed by atoms with Gasteiger partial charge in [0.2, 0.25) is 0 Å². The third kappa shape index (κ3) is 49.9. The summed E-state index contributed by atoms with van der Waals surface area (Å²) in [5.41, 5.74) is 0. The topological polar surface area (TPSA) is 78.9 Å². The molecule has 1 atom stereocenters. The molecule has 0 aliphatic rings. The average Bonchev–Trinajstić information content (AvgIpc) is 3.29. The molecule has 0 aromatic carbocycles. The molecule has 0 bridgehead atoms. The van der Waals surface area contributed by atoms with E-state index in [-0.39, 0.29) is 31.6 Å². The molecule has 6 nitrogen and oxygen atoms in total. The van der Waals surface area contributed by atoms with E-state index in [1.54, 1.807) is 6.08 Å². The van der Waals surface area contributed by atoms with Gasteiger partial charge in [-0.2, -0.15) is 0 Å². The Morgan fingerprint density at radius 1 is 0.344 bits per heavy atom. The third-order valence-electron chi connectivity index (χ3n) is 11.5. The van der Waals surface area contributed by atoms with Crippen LogP contribution in [-0.2, 0) is 28.6 Å². The van der Waals surface area contributed by atoms with Gasteiger partial charge in [0.25, 0.3) is 0 Å². The van der Waals surface area contributed by atoms with Gasteiger partial charge in [0.1, 0.15) is 13.2 Å². The molecule has 6 heteroatoms. The number of esters is 3. The summed E-state index contributed by atoms with van der Waals surface area (Å²) in [5, 5.41) is 0. The number of allylic oxidation sites excluding steroid dienone is 11. The molecule has 0 heterocycles. The fourth-order valence-electron chi connectivity index (χ4n) is 7.45. The molecule has 0 saturated heterocycles. The van der Waals surface area contributed by atoms with Crippen molar-refractivity contribution in [3.63, 3.8) is 0 Å². The van der Waals surface area contributed by atoms with Crippen molar-refractivity contribution in [3.05, 3.63) is 72.9 Å². The zero-order chi connectivity index (χ0) is 46.5. The molecule has 0 aromatic heterocycles. The monoisotopic (exact) mass is 893 g/mol. The van der Waals surface area contributed by atoms with Crippen LogP contribution >= 0.6 is 0 Å². The first-order valence-electron chi connectivity index (χ1n) is 26.9. The largest absolute Gasteiger partial charge is 0.462 e. The second kappa shape index (κ2) is 52.5. The first-order valence-corrected chi connectivity index (χ1v) is 26.9. The van der Waals surface area contributed by atoms with Gasteiger partial charge in [-0.15, -0.1) is 0 Å². The van der Waals surface area contributed by atoms with Crippen LogP contribution in [0.4, 0.5) is 0 Å². The second-order valence-corrected chi connectivity index (χ2v) is 17.8. The van der Waals surface area contributed by atoms with E-state index in [4.69, 9.17) is 14.2 Å². The minimum absolute atomic E-state index is 0.0972. The van der Waals surface area contributed by atoms with Crippen LogP contribution in [0, 0.1) is 0 Å². The smallest absolute Gasteiger partial charge is 0.310 e. The minimum Gasteiger partial charge on any atom is -0.462 e. The van der Waals surface area contributed by atoms with Gasteiger partial charge in [-0.05, 0) is 70.6 Å². The summed E-state index contributed by atoms with van der Waals surface area (Å²) in [7, 11) is 0. The molecular formula is C58H100O6. The molecule has 0 rings (SSSR count). The normalized spacial score (nSPS) is 12.6. The van der Waals surface area contributed by atoms with Crippen molar-refractivity contribution < 1.29 is 28.6 Å². The van der Waals surface area contributed by atoms with Crippen molar-refractivity contribution >= 4 is 17.9 Å². The van der Waals surface area contributed by atoms with Crippen LogP contribution in [0.1, 0.15) is 258 Å². The molecule has 1 unspecified atom stereocenters. The Kier molecular flexibility index (Phi) is 49.9. The molecule has 0 spiro atoms. The van der Waals surface area contributed by atoms with Crippen molar-refractivity contribution in [1.82, 2.24) is 0 Å². The summed E-state index contributed by atoms with van der Waals surface area (Å²) in [6.07, 6.45) is 66.3. The van der Waals surface area contributed by atoms with Crippen molar-refractivity contribution in [2.75, 3.05) is 13.2 Å². The molecule has 0 saturated carbocycles. The van der Waals surface area contributed by atoms with Gasteiger partial charge in [-0.3, -0.25) is 14.4 Å². The SMILES string of the molecule is CC/C=C\C/C=C\C/C=C\C/C=C\C/C=C\CC(=O)OC(COC(=O)CCCCCCC/C=C\CCCCCC)COC(=O)CCCCCCCCCCCCCCCCCCCC. The summed E-state index contributed by atoms with van der Waals surface area (Å²) >= 11 is 0. The lowest BCUT2D eigenvalue weighted by molar-refractivity contribution is -0.166. The Hall–Kier alpha value is -3.15. The van der Waals surface area contributed by atoms with E-state index in [9.17, 15) is 14.4 Å². The van der Waals surface area contributed by atoms with E-state index >= 15 is 0 Å². The Bertz CT molecular complexity index is 1210. The maximum atomic E-state index is 12.7. The van der Waals surface area contributed by atoms with E-state index in [1.165, 1.54) is 135 Å². The predicted octanol–water partition coefficient (Wildman–Crippen LogP) is 17.8. The van der Waals surface area contributed by atoms with Crippen molar-refractivity contribution in [3.8, 4) is 0 Å². The zero-order valence-corrected chi connectivity index (χ0v) is 42.0. The van der Waals surface area contributed by atoms with E-state index in [0.29, 0.717) is 12.8 Å². The van der Waals surface area contributed by atoms with Crippen LogP contribution in [0.15, 0.2) is 72.9 Å². The number of ether oxygens (including phenoxy) is 3. The zero-order valence-electron chi connectivity index (χ0n) is 42.0. The van der Waals surface area contributed by atoms with Crippen LogP contribution in [0.2, 0.25) is 0 Å². The second-order valence-electron chi connectivity index (χ2n) is 17.8. The van der Waals surface area contributed by atoms with Gasteiger partial charge in [0.05, 0.1) is 6.42 Å². The lowest BCUT2D eigenvalue weighted by Gasteiger charge is -2.18. The van der Waals surface area contributed by atoms with Gasteiger partial charge >= 0.3 is 17.9 Å². The summed E-state index contributed by atoms with van der Waals surface area (Å²) < 4.78 is 16.7. The van der Waals surface area contributed by atoms with Gasteiger partial charge in [-0.25, -0.2) is 0 Å². The highest BCUT2D eigenvalue weighted by Crippen LogP contribution is 2.16. The van der Waals surface area contributed by atoms with Crippen LogP contribution in [0.5, 0.6) is 0 Å². The minimum atomic E-state index is -0.830. The van der Waals surface area contributed by atoms with Crippen molar-refractivity contribution in [1.29, 1.82) is 0 Å². The average molecular weight is 893 g/mol. The fourth-order valence-corrected chi connectivity index (χ4v) is 7.45. The van der Waals surface area contributed by atoms with Gasteiger partial charge in [-0.1, -0.05) is 241 Å². The standard InChI is InChI=1S/C58H100O6/c1-4-7-10-13-16-19-22-25-27-28-29-31-33-36-39-42-45-48-51-57(60)63-54-55(53-62-56(59)50-47-44-41-38-35-32-24-21-18-15-12-9-6-3)64-58(61)52-49-46-43-40-37-34-30-26-23-20-17-14-11-8-5-2/h8,11,17,20-21,24,26,30,37,40,46,49,55H,4-7,9-10,12-16,18-19,22-23,25,27-29,31-36,38-39,41-45,47-48,50-54H2,1-3H3/b11-8-,20-17-,24-21-,30-26-,40-37-,49-46-. The van der Waals surface area contributed by atoms with Crippen LogP contribution < -0.4 is 0 Å². The molecule has 0 aliphatic carbocycles. The molecule has 0 N–H and O–H groups in total. The number of hydrogen-bond acceptors (Lipinski definition) is 6. The van der Waals surface area contributed by atoms with Gasteiger partial charge < -0.3 is 14.2 Å². The Morgan fingerprint density at radius 3 is 1.03 bits per heavy atom. The lowest BCUT2D eigenvalue weighted by atomic mass is 10.0. The summed E-state index contributed by atoms with van der Waals surface area (Å²) in [5.74, 6) is -1.05. The highest BCUT2D eigenvalue weighted by atomic mass is 16.6. The van der Waals surface area contributed by atoms with E-state index < -0.39 is 12.1 Å². The van der Waals surface area contributed by atoms with E-state index in [1.807, 2.05) is 6.08 Å². The first-order chi connectivity index (χ1) is 31.5. The summed E-state index contributed by atoms with van der Waals surface area (Å²) in [4.78, 5) is 38.0. The summed E-state index contributed by atoms with van der Waals surface area (Å²) in [6.45, 7) is 6.43. The fraction of sp³-hybridized carbons (Fsp3) is 0.741.